The highest BCUT2D eigenvalue weighted by molar-refractivity contribution is 5.63. The molecule has 0 saturated carbocycles. The topological polar surface area (TPSA) is 64.4 Å². The van der Waals surface area contributed by atoms with E-state index in [0.29, 0.717) is 11.4 Å². The highest BCUT2D eigenvalue weighted by Crippen LogP contribution is 2.34. The van der Waals surface area contributed by atoms with E-state index in [4.69, 9.17) is 4.74 Å². The molecule has 0 atom stereocenters. The van der Waals surface area contributed by atoms with E-state index < -0.39 is 4.92 Å². The molecule has 0 unspecified atom stereocenters. The highest BCUT2D eigenvalue weighted by Gasteiger charge is 2.18. The molecule has 3 rings (SSSR count). The Morgan fingerprint density at radius 1 is 0.920 bits per heavy atom. The fraction of sp³-hybridized carbons (Fsp3) is 0.100. The molecule has 25 heavy (non-hydrogen) atoms. The Labute approximate surface area is 146 Å². The van der Waals surface area contributed by atoms with E-state index in [1.54, 1.807) is 13.2 Å². The molecule has 1 N–H and O–H groups in total. The average molecular weight is 334 g/mol. The third-order valence-electron chi connectivity index (χ3n) is 3.96. The molecule has 0 saturated heterocycles. The van der Waals surface area contributed by atoms with Crippen LogP contribution in [0.25, 0.3) is 0 Å². The first-order chi connectivity index (χ1) is 12.2. The molecular weight excluding hydrogens is 316 g/mol. The molecule has 0 aromatic heterocycles. The maximum Gasteiger partial charge on any atom is 0.271 e. The number of hydrogen-bond donors (Lipinski definition) is 1. The van der Waals surface area contributed by atoms with E-state index in [1.807, 2.05) is 60.7 Å². The largest absolute Gasteiger partial charge is 0.495 e. The minimum atomic E-state index is -0.412. The maximum absolute atomic E-state index is 11.1. The molecule has 0 spiro atoms. The average Bonchev–Trinajstić information content (AvgIpc) is 2.67. The van der Waals surface area contributed by atoms with E-state index >= 15 is 0 Å². The molecule has 0 radical (unpaired) electrons. The summed E-state index contributed by atoms with van der Waals surface area (Å²) in [6.45, 7) is 0. The van der Waals surface area contributed by atoms with Crippen LogP contribution < -0.4 is 10.1 Å². The van der Waals surface area contributed by atoms with Gasteiger partial charge in [-0.3, -0.25) is 10.1 Å². The van der Waals surface area contributed by atoms with Gasteiger partial charge in [-0.15, -0.1) is 0 Å². The number of nitrogens with one attached hydrogen (secondary N) is 1. The normalized spacial score (nSPS) is 10.5. The fourth-order valence-corrected chi connectivity index (χ4v) is 2.73. The lowest BCUT2D eigenvalue weighted by molar-refractivity contribution is -0.384. The molecule has 3 aromatic carbocycles. The van der Waals surface area contributed by atoms with Gasteiger partial charge in [-0.1, -0.05) is 60.7 Å². The third-order valence-corrected chi connectivity index (χ3v) is 3.96. The number of nitro benzene ring substituents is 1. The van der Waals surface area contributed by atoms with Crippen LogP contribution in [-0.2, 0) is 0 Å². The summed E-state index contributed by atoms with van der Waals surface area (Å²) in [5.41, 5.74) is 2.71. The summed E-state index contributed by atoms with van der Waals surface area (Å²) in [5, 5.41) is 14.5. The van der Waals surface area contributed by atoms with Gasteiger partial charge in [-0.25, -0.2) is 0 Å². The molecule has 0 fully saturated rings. The number of nitrogens with zero attached hydrogens (tertiary/aromatic N) is 1. The lowest BCUT2D eigenvalue weighted by atomic mass is 9.98. The van der Waals surface area contributed by atoms with Gasteiger partial charge in [0.2, 0.25) is 0 Å². The van der Waals surface area contributed by atoms with Gasteiger partial charge in [0.15, 0.2) is 0 Å². The molecular formula is C20H18N2O3. The van der Waals surface area contributed by atoms with Crippen LogP contribution in [0, 0.1) is 10.1 Å². The second-order valence-electron chi connectivity index (χ2n) is 5.54. The predicted molar refractivity (Wildman–Crippen MR) is 98.0 cm³/mol. The first-order valence-corrected chi connectivity index (χ1v) is 7.88. The van der Waals surface area contributed by atoms with Crippen LogP contribution in [0.5, 0.6) is 5.75 Å². The van der Waals surface area contributed by atoms with Crippen molar-refractivity contribution in [3.63, 3.8) is 0 Å². The number of nitro groups is 1. The first-order valence-electron chi connectivity index (χ1n) is 7.88. The van der Waals surface area contributed by atoms with E-state index in [0.717, 1.165) is 11.1 Å². The molecule has 0 aliphatic heterocycles. The van der Waals surface area contributed by atoms with Gasteiger partial charge < -0.3 is 10.1 Å². The lowest BCUT2D eigenvalue weighted by Crippen LogP contribution is -2.13. The third kappa shape index (κ3) is 3.77. The standard InChI is InChI=1S/C20H18N2O3/c1-25-19-13-12-17(22(23)24)14-18(19)21-20(15-8-4-2-5-9-15)16-10-6-3-7-11-16/h2-14,20-21H,1H3. The van der Waals surface area contributed by atoms with Gasteiger partial charge in [0.1, 0.15) is 5.75 Å². The lowest BCUT2D eigenvalue weighted by Gasteiger charge is -2.22. The number of ether oxygens (including phenoxy) is 1. The zero-order chi connectivity index (χ0) is 17.6. The molecule has 0 aliphatic rings. The van der Waals surface area contributed by atoms with Gasteiger partial charge in [0.05, 0.1) is 23.8 Å². The predicted octanol–water partition coefficient (Wildman–Crippen LogP) is 4.80. The van der Waals surface area contributed by atoms with Crippen molar-refractivity contribution in [1.29, 1.82) is 0 Å². The number of hydrogen-bond acceptors (Lipinski definition) is 4. The van der Waals surface area contributed by atoms with Crippen LogP contribution in [0.15, 0.2) is 78.9 Å². The van der Waals surface area contributed by atoms with Crippen molar-refractivity contribution in [3.05, 3.63) is 100 Å². The van der Waals surface area contributed by atoms with E-state index in [-0.39, 0.29) is 11.7 Å². The van der Waals surface area contributed by atoms with Gasteiger partial charge >= 0.3 is 0 Å². The van der Waals surface area contributed by atoms with E-state index in [9.17, 15) is 10.1 Å². The van der Waals surface area contributed by atoms with Crippen LogP contribution in [0.2, 0.25) is 0 Å². The summed E-state index contributed by atoms with van der Waals surface area (Å²) in [5.74, 6) is 0.558. The Morgan fingerprint density at radius 2 is 1.48 bits per heavy atom. The minimum absolute atomic E-state index is 0.0168. The molecule has 5 heteroatoms. The smallest absolute Gasteiger partial charge is 0.271 e. The number of anilines is 1. The first kappa shape index (κ1) is 16.5. The van der Waals surface area contributed by atoms with Gasteiger partial charge in [-0.2, -0.15) is 0 Å². The van der Waals surface area contributed by atoms with Crippen molar-refractivity contribution in [3.8, 4) is 5.75 Å². The summed E-state index contributed by atoms with van der Waals surface area (Å²) in [4.78, 5) is 10.7. The van der Waals surface area contributed by atoms with E-state index in [1.165, 1.54) is 12.1 Å². The fourth-order valence-electron chi connectivity index (χ4n) is 2.73. The Kier molecular flexibility index (Phi) is 4.95. The monoisotopic (exact) mass is 334 g/mol. The van der Waals surface area contributed by atoms with Crippen LogP contribution in [0.4, 0.5) is 11.4 Å². The van der Waals surface area contributed by atoms with E-state index in [2.05, 4.69) is 5.32 Å². The Morgan fingerprint density at radius 3 is 1.96 bits per heavy atom. The molecule has 3 aromatic rings. The van der Waals surface area contributed by atoms with Gasteiger partial charge in [-0.05, 0) is 17.2 Å². The summed E-state index contributed by atoms with van der Waals surface area (Å²) in [7, 11) is 1.55. The Bertz CT molecular complexity index is 812. The van der Waals surface area contributed by atoms with Crippen LogP contribution >= 0.6 is 0 Å². The van der Waals surface area contributed by atoms with Crippen molar-refractivity contribution in [2.24, 2.45) is 0 Å². The Balaban J connectivity index is 2.04. The summed E-state index contributed by atoms with van der Waals surface area (Å²) < 4.78 is 5.37. The second-order valence-corrected chi connectivity index (χ2v) is 5.54. The van der Waals surface area contributed by atoms with Crippen molar-refractivity contribution >= 4 is 11.4 Å². The zero-order valence-electron chi connectivity index (χ0n) is 13.8. The molecule has 0 amide bonds. The summed E-state index contributed by atoms with van der Waals surface area (Å²) in [6.07, 6.45) is 0. The maximum atomic E-state index is 11.1. The van der Waals surface area contributed by atoms with Crippen LogP contribution in [0.1, 0.15) is 17.2 Å². The number of non-ortho nitro benzene ring substituents is 1. The number of rotatable bonds is 6. The minimum Gasteiger partial charge on any atom is -0.495 e. The van der Waals surface area contributed by atoms with Gasteiger partial charge in [0, 0.05) is 12.1 Å². The number of benzene rings is 3. The second kappa shape index (κ2) is 7.49. The van der Waals surface area contributed by atoms with Crippen LogP contribution in [-0.4, -0.2) is 12.0 Å². The molecule has 0 aliphatic carbocycles. The van der Waals surface area contributed by atoms with Crippen molar-refractivity contribution in [1.82, 2.24) is 0 Å². The van der Waals surface area contributed by atoms with Crippen LogP contribution in [0.3, 0.4) is 0 Å². The summed E-state index contributed by atoms with van der Waals surface area (Å²) >= 11 is 0. The van der Waals surface area contributed by atoms with Crippen molar-refractivity contribution in [2.45, 2.75) is 6.04 Å². The highest BCUT2D eigenvalue weighted by atomic mass is 16.6. The van der Waals surface area contributed by atoms with Crippen molar-refractivity contribution < 1.29 is 9.66 Å². The van der Waals surface area contributed by atoms with Crippen molar-refractivity contribution in [2.75, 3.05) is 12.4 Å². The number of methoxy groups -OCH3 is 1. The molecule has 0 bridgehead atoms. The molecule has 0 heterocycles. The zero-order valence-corrected chi connectivity index (χ0v) is 13.8. The molecule has 5 nitrogen and oxygen atoms in total. The quantitative estimate of drug-likeness (QED) is 0.519. The summed E-state index contributed by atoms with van der Waals surface area (Å²) in [6, 6.07) is 24.3. The SMILES string of the molecule is COc1ccc([N+](=O)[O-])cc1NC(c1ccccc1)c1ccccc1. The molecule has 126 valence electrons. The Hall–Kier alpha value is -3.34. The van der Waals surface area contributed by atoms with Gasteiger partial charge in [0.25, 0.3) is 5.69 Å².